The standard InChI is InChI=1S/C27H30N4O/c1-20-9-10-24-23(18-20)26(11-14-28-24)31-15-4-7-22(19-31)27(32)29-13-5-16-30-17-12-21-6-2-3-8-25(21)30/h2-3,6,8-12,14,17-18,22H,4-5,7,13,15-16,19H2,1H3,(H,29,32). The van der Waals surface area contributed by atoms with Gasteiger partial charge < -0.3 is 14.8 Å². The highest BCUT2D eigenvalue weighted by Crippen LogP contribution is 2.30. The van der Waals surface area contributed by atoms with Crippen molar-refractivity contribution in [3.63, 3.8) is 0 Å². The Morgan fingerprint density at radius 2 is 2.06 bits per heavy atom. The number of para-hydroxylation sites is 1. The van der Waals surface area contributed by atoms with Crippen molar-refractivity contribution < 1.29 is 4.79 Å². The third-order valence-electron chi connectivity index (χ3n) is 6.56. The number of nitrogens with one attached hydrogen (secondary N) is 1. The van der Waals surface area contributed by atoms with Crippen LogP contribution in [0.1, 0.15) is 24.8 Å². The van der Waals surface area contributed by atoms with Gasteiger partial charge in [0.15, 0.2) is 0 Å². The quantitative estimate of drug-likeness (QED) is 0.445. The summed E-state index contributed by atoms with van der Waals surface area (Å²) in [5, 5.41) is 5.63. The topological polar surface area (TPSA) is 50.2 Å². The first kappa shape index (κ1) is 20.6. The van der Waals surface area contributed by atoms with E-state index in [1.807, 2.05) is 6.20 Å². The molecule has 0 aliphatic carbocycles. The van der Waals surface area contributed by atoms with Crippen LogP contribution in [0.25, 0.3) is 21.8 Å². The molecule has 5 heteroatoms. The highest BCUT2D eigenvalue weighted by atomic mass is 16.1. The Morgan fingerprint density at radius 3 is 3.00 bits per heavy atom. The van der Waals surface area contributed by atoms with Crippen molar-refractivity contribution in [2.24, 2.45) is 5.92 Å². The number of nitrogens with zero attached hydrogens (tertiary/aromatic N) is 3. The molecule has 32 heavy (non-hydrogen) atoms. The molecule has 5 nitrogen and oxygen atoms in total. The Kier molecular flexibility index (Phi) is 5.80. The molecule has 164 valence electrons. The number of aryl methyl sites for hydroxylation is 2. The minimum atomic E-state index is 0.0317. The molecule has 1 amide bonds. The number of hydrogen-bond acceptors (Lipinski definition) is 3. The summed E-state index contributed by atoms with van der Waals surface area (Å²) in [7, 11) is 0. The van der Waals surface area contributed by atoms with Crippen molar-refractivity contribution in [2.45, 2.75) is 32.7 Å². The van der Waals surface area contributed by atoms with E-state index in [9.17, 15) is 4.79 Å². The molecule has 1 atom stereocenters. The number of rotatable bonds is 6. The molecule has 5 rings (SSSR count). The predicted molar refractivity (Wildman–Crippen MR) is 131 cm³/mol. The molecule has 1 fully saturated rings. The molecular weight excluding hydrogens is 396 g/mol. The van der Waals surface area contributed by atoms with Gasteiger partial charge in [-0.3, -0.25) is 9.78 Å². The van der Waals surface area contributed by atoms with Gasteiger partial charge in [0.2, 0.25) is 5.91 Å². The molecule has 0 radical (unpaired) electrons. The summed E-state index contributed by atoms with van der Waals surface area (Å²) >= 11 is 0. The Labute approximate surface area is 189 Å². The van der Waals surface area contributed by atoms with Crippen LogP contribution in [0.4, 0.5) is 5.69 Å². The van der Waals surface area contributed by atoms with Crippen LogP contribution in [0.5, 0.6) is 0 Å². The number of carbonyl (C=O) groups is 1. The molecule has 0 spiro atoms. The van der Waals surface area contributed by atoms with Gasteiger partial charge in [-0.25, -0.2) is 0 Å². The second-order valence-electron chi connectivity index (χ2n) is 8.85. The molecule has 2 aromatic carbocycles. The fourth-order valence-corrected chi connectivity index (χ4v) is 4.87. The summed E-state index contributed by atoms with van der Waals surface area (Å²) < 4.78 is 2.26. The fraction of sp³-hybridized carbons (Fsp3) is 0.333. The van der Waals surface area contributed by atoms with Gasteiger partial charge in [0, 0.05) is 55.2 Å². The molecule has 3 heterocycles. The first-order valence-corrected chi connectivity index (χ1v) is 11.6. The van der Waals surface area contributed by atoms with Crippen LogP contribution in [0.15, 0.2) is 67.0 Å². The number of amides is 1. The highest BCUT2D eigenvalue weighted by Gasteiger charge is 2.26. The second kappa shape index (κ2) is 9.03. The van der Waals surface area contributed by atoms with Crippen LogP contribution in [0, 0.1) is 12.8 Å². The lowest BCUT2D eigenvalue weighted by Crippen LogP contribution is -2.43. The van der Waals surface area contributed by atoms with Crippen LogP contribution < -0.4 is 10.2 Å². The van der Waals surface area contributed by atoms with E-state index in [1.165, 1.54) is 27.5 Å². The van der Waals surface area contributed by atoms with Crippen LogP contribution in [-0.2, 0) is 11.3 Å². The largest absolute Gasteiger partial charge is 0.370 e. The van der Waals surface area contributed by atoms with Gasteiger partial charge in [0.1, 0.15) is 0 Å². The van der Waals surface area contributed by atoms with Crippen molar-refractivity contribution in [3.8, 4) is 0 Å². The molecule has 1 unspecified atom stereocenters. The SMILES string of the molecule is Cc1ccc2nccc(N3CCCC(C(=O)NCCCn4ccc5ccccc54)C3)c2c1. The number of anilines is 1. The van der Waals surface area contributed by atoms with Crippen molar-refractivity contribution in [2.75, 3.05) is 24.5 Å². The zero-order valence-electron chi connectivity index (χ0n) is 18.6. The zero-order valence-corrected chi connectivity index (χ0v) is 18.6. The molecule has 1 aliphatic rings. The number of pyridine rings is 1. The lowest BCUT2D eigenvalue weighted by molar-refractivity contribution is -0.125. The summed E-state index contributed by atoms with van der Waals surface area (Å²) in [6.45, 7) is 5.48. The van der Waals surface area contributed by atoms with Crippen molar-refractivity contribution >= 4 is 33.4 Å². The fourth-order valence-electron chi connectivity index (χ4n) is 4.87. The van der Waals surface area contributed by atoms with Crippen molar-refractivity contribution in [1.29, 1.82) is 0 Å². The van der Waals surface area contributed by atoms with Crippen LogP contribution >= 0.6 is 0 Å². The number of carbonyl (C=O) groups excluding carboxylic acids is 1. The van der Waals surface area contributed by atoms with Gasteiger partial charge in [-0.15, -0.1) is 0 Å². The number of aromatic nitrogens is 2. The third kappa shape index (κ3) is 4.20. The Morgan fingerprint density at radius 1 is 1.16 bits per heavy atom. The first-order valence-electron chi connectivity index (χ1n) is 11.6. The van der Waals surface area contributed by atoms with E-state index in [2.05, 4.69) is 87.5 Å². The molecule has 1 N–H and O–H groups in total. The van der Waals surface area contributed by atoms with Gasteiger partial charge >= 0.3 is 0 Å². The minimum Gasteiger partial charge on any atom is -0.370 e. The lowest BCUT2D eigenvalue weighted by atomic mass is 9.96. The Hall–Kier alpha value is -3.34. The smallest absolute Gasteiger partial charge is 0.224 e. The van der Waals surface area contributed by atoms with E-state index in [-0.39, 0.29) is 11.8 Å². The van der Waals surface area contributed by atoms with E-state index in [0.717, 1.165) is 44.4 Å². The molecule has 1 aliphatic heterocycles. The average Bonchev–Trinajstić information content (AvgIpc) is 3.24. The number of hydrogen-bond donors (Lipinski definition) is 1. The Balaban J connectivity index is 1.18. The summed E-state index contributed by atoms with van der Waals surface area (Å²) in [4.78, 5) is 19.8. The van der Waals surface area contributed by atoms with Crippen molar-refractivity contribution in [1.82, 2.24) is 14.9 Å². The van der Waals surface area contributed by atoms with Gasteiger partial charge in [-0.1, -0.05) is 29.8 Å². The maximum atomic E-state index is 12.9. The van der Waals surface area contributed by atoms with E-state index >= 15 is 0 Å². The van der Waals surface area contributed by atoms with Gasteiger partial charge in [-0.05, 0) is 61.9 Å². The van der Waals surface area contributed by atoms with Gasteiger partial charge in [-0.2, -0.15) is 0 Å². The second-order valence-corrected chi connectivity index (χ2v) is 8.85. The number of piperidine rings is 1. The molecule has 0 bridgehead atoms. The maximum Gasteiger partial charge on any atom is 0.224 e. The summed E-state index contributed by atoms with van der Waals surface area (Å²) in [6.07, 6.45) is 6.92. The predicted octanol–water partition coefficient (Wildman–Crippen LogP) is 4.92. The molecule has 1 saturated heterocycles. The zero-order chi connectivity index (χ0) is 21.9. The normalized spacial score (nSPS) is 16.5. The van der Waals surface area contributed by atoms with Crippen LogP contribution in [0.2, 0.25) is 0 Å². The van der Waals surface area contributed by atoms with E-state index in [4.69, 9.17) is 0 Å². The monoisotopic (exact) mass is 426 g/mol. The van der Waals surface area contributed by atoms with Gasteiger partial charge in [0.05, 0.1) is 11.4 Å². The highest BCUT2D eigenvalue weighted by molar-refractivity contribution is 5.92. The lowest BCUT2D eigenvalue weighted by Gasteiger charge is -2.34. The van der Waals surface area contributed by atoms with E-state index in [1.54, 1.807) is 0 Å². The summed E-state index contributed by atoms with van der Waals surface area (Å²) in [5.74, 6) is 0.214. The average molecular weight is 427 g/mol. The molecule has 4 aromatic rings. The van der Waals surface area contributed by atoms with Gasteiger partial charge in [0.25, 0.3) is 0 Å². The molecular formula is C27H30N4O. The third-order valence-corrected chi connectivity index (χ3v) is 6.56. The molecule has 2 aromatic heterocycles. The maximum absolute atomic E-state index is 12.9. The summed E-state index contributed by atoms with van der Waals surface area (Å²) in [5.41, 5.74) is 4.68. The van der Waals surface area contributed by atoms with Crippen LogP contribution in [-0.4, -0.2) is 35.1 Å². The Bertz CT molecular complexity index is 1240. The minimum absolute atomic E-state index is 0.0317. The number of benzene rings is 2. The van der Waals surface area contributed by atoms with Crippen molar-refractivity contribution in [3.05, 3.63) is 72.6 Å². The van der Waals surface area contributed by atoms with Crippen LogP contribution in [0.3, 0.4) is 0 Å². The summed E-state index contributed by atoms with van der Waals surface area (Å²) in [6, 6.07) is 19.0. The number of fused-ring (bicyclic) bond motifs is 2. The molecule has 0 saturated carbocycles. The first-order chi connectivity index (χ1) is 15.7. The van der Waals surface area contributed by atoms with E-state index < -0.39 is 0 Å². The van der Waals surface area contributed by atoms with E-state index in [0.29, 0.717) is 6.54 Å².